The van der Waals surface area contributed by atoms with Crippen LogP contribution in [0, 0.1) is 30.6 Å². The first kappa shape index (κ1) is 24.2. The summed E-state index contributed by atoms with van der Waals surface area (Å²) in [4.78, 5) is 30.6. The SMILES string of the molecule is CCc1c(C#N)c(SCC(=O)c2cc(C)n(CCOC)c2C)nc2c1C(=O)CC(C)(C)C2. The number of hydrogen-bond donors (Lipinski definition) is 0. The van der Waals surface area contributed by atoms with Gasteiger partial charge in [0.2, 0.25) is 0 Å². The smallest absolute Gasteiger partial charge is 0.174 e. The Morgan fingerprint density at radius 3 is 2.69 bits per heavy atom. The number of ether oxygens (including phenoxy) is 1. The van der Waals surface area contributed by atoms with Crippen LogP contribution in [0.4, 0.5) is 0 Å². The number of carbonyl (C=O) groups is 2. The topological polar surface area (TPSA) is 85.0 Å². The van der Waals surface area contributed by atoms with Crippen LogP contribution in [0.2, 0.25) is 0 Å². The Kier molecular flexibility index (Phi) is 7.26. The van der Waals surface area contributed by atoms with Crippen LogP contribution in [-0.4, -0.2) is 40.6 Å². The average molecular weight is 454 g/mol. The number of thioether (sulfide) groups is 1. The lowest BCUT2D eigenvalue weighted by atomic mass is 9.74. The summed E-state index contributed by atoms with van der Waals surface area (Å²) in [6.45, 7) is 11.3. The fourth-order valence-electron chi connectivity index (χ4n) is 4.55. The van der Waals surface area contributed by atoms with Crippen molar-refractivity contribution < 1.29 is 14.3 Å². The molecule has 0 aliphatic heterocycles. The van der Waals surface area contributed by atoms with E-state index in [-0.39, 0.29) is 22.7 Å². The maximum Gasteiger partial charge on any atom is 0.174 e. The third-order valence-electron chi connectivity index (χ3n) is 6.10. The number of rotatable bonds is 8. The quantitative estimate of drug-likeness (QED) is 0.425. The molecule has 0 saturated heterocycles. The third kappa shape index (κ3) is 4.67. The fourth-order valence-corrected chi connectivity index (χ4v) is 5.46. The second kappa shape index (κ2) is 9.60. The highest BCUT2D eigenvalue weighted by Crippen LogP contribution is 2.38. The molecule has 0 amide bonds. The molecule has 0 bridgehead atoms. The molecule has 3 rings (SSSR count). The zero-order valence-electron chi connectivity index (χ0n) is 19.8. The Morgan fingerprint density at radius 1 is 1.34 bits per heavy atom. The van der Waals surface area contributed by atoms with E-state index in [0.29, 0.717) is 54.1 Å². The number of Topliss-reactive ketones (excluding diaryl/α,β-unsaturated/α-hetero) is 2. The maximum absolute atomic E-state index is 13.0. The molecule has 1 aliphatic rings. The highest BCUT2D eigenvalue weighted by atomic mass is 32.2. The van der Waals surface area contributed by atoms with Crippen molar-refractivity contribution in [2.45, 2.75) is 65.5 Å². The van der Waals surface area contributed by atoms with Crippen LogP contribution in [-0.2, 0) is 24.1 Å². The lowest BCUT2D eigenvalue weighted by Crippen LogP contribution is -2.29. The van der Waals surface area contributed by atoms with E-state index in [1.165, 1.54) is 11.8 Å². The van der Waals surface area contributed by atoms with Crippen LogP contribution in [0.25, 0.3) is 0 Å². The van der Waals surface area contributed by atoms with Crippen LogP contribution in [0.5, 0.6) is 0 Å². The number of pyridine rings is 1. The van der Waals surface area contributed by atoms with E-state index in [9.17, 15) is 14.9 Å². The summed E-state index contributed by atoms with van der Waals surface area (Å²) in [6, 6.07) is 4.17. The van der Waals surface area contributed by atoms with Crippen LogP contribution < -0.4 is 0 Å². The second-order valence-corrected chi connectivity index (χ2v) is 10.1. The summed E-state index contributed by atoms with van der Waals surface area (Å²) in [6.07, 6.45) is 1.74. The molecule has 0 unspecified atom stereocenters. The van der Waals surface area contributed by atoms with Gasteiger partial charge in [0.25, 0.3) is 0 Å². The molecule has 0 N–H and O–H groups in total. The van der Waals surface area contributed by atoms with Crippen molar-refractivity contribution in [3.05, 3.63) is 45.4 Å². The number of fused-ring (bicyclic) bond motifs is 1. The zero-order chi connectivity index (χ0) is 23.6. The van der Waals surface area contributed by atoms with Gasteiger partial charge in [0.05, 0.1) is 23.6 Å². The lowest BCUT2D eigenvalue weighted by molar-refractivity contribution is 0.0907. The first-order chi connectivity index (χ1) is 15.1. The van der Waals surface area contributed by atoms with Gasteiger partial charge in [0.1, 0.15) is 11.1 Å². The Labute approximate surface area is 194 Å². The summed E-state index contributed by atoms with van der Waals surface area (Å²) < 4.78 is 7.26. The Morgan fingerprint density at radius 2 is 2.06 bits per heavy atom. The summed E-state index contributed by atoms with van der Waals surface area (Å²) >= 11 is 1.29. The number of nitrogens with zero attached hydrogens (tertiary/aromatic N) is 3. The number of carbonyl (C=O) groups excluding carboxylic acids is 2. The Hall–Kier alpha value is -2.43. The molecule has 7 heteroatoms. The minimum Gasteiger partial charge on any atom is -0.383 e. The molecule has 6 nitrogen and oxygen atoms in total. The lowest BCUT2D eigenvalue weighted by Gasteiger charge is -2.31. The van der Waals surface area contributed by atoms with Crippen molar-refractivity contribution in [1.82, 2.24) is 9.55 Å². The molecule has 0 spiro atoms. The normalized spacial score (nSPS) is 14.8. The van der Waals surface area contributed by atoms with Crippen molar-refractivity contribution in [3.8, 4) is 6.07 Å². The molecule has 1 aliphatic carbocycles. The molecule has 2 aromatic heterocycles. The van der Waals surface area contributed by atoms with E-state index in [1.54, 1.807) is 7.11 Å². The van der Waals surface area contributed by atoms with E-state index < -0.39 is 0 Å². The molecule has 32 heavy (non-hydrogen) atoms. The predicted molar refractivity (Wildman–Crippen MR) is 126 cm³/mol. The van der Waals surface area contributed by atoms with Crippen LogP contribution >= 0.6 is 11.8 Å². The van der Waals surface area contributed by atoms with Crippen LogP contribution in [0.3, 0.4) is 0 Å². The maximum atomic E-state index is 13.0. The number of aryl methyl sites for hydroxylation is 1. The van der Waals surface area contributed by atoms with Gasteiger partial charge in [-0.15, -0.1) is 0 Å². The first-order valence-electron chi connectivity index (χ1n) is 10.9. The largest absolute Gasteiger partial charge is 0.383 e. The summed E-state index contributed by atoms with van der Waals surface area (Å²) in [5.74, 6) is 0.257. The van der Waals surface area contributed by atoms with E-state index >= 15 is 0 Å². The average Bonchev–Trinajstić information content (AvgIpc) is 3.01. The van der Waals surface area contributed by atoms with Crippen LogP contribution in [0.15, 0.2) is 11.1 Å². The van der Waals surface area contributed by atoms with Gasteiger partial charge in [-0.25, -0.2) is 4.98 Å². The number of ketones is 2. The van der Waals surface area contributed by atoms with Crippen molar-refractivity contribution in [2.24, 2.45) is 5.41 Å². The van der Waals surface area contributed by atoms with E-state index in [2.05, 4.69) is 24.5 Å². The van der Waals surface area contributed by atoms with Gasteiger partial charge in [-0.1, -0.05) is 32.5 Å². The predicted octanol–water partition coefficient (Wildman–Crippen LogP) is 4.71. The van der Waals surface area contributed by atoms with Gasteiger partial charge in [-0.05, 0) is 43.7 Å². The molecule has 0 aromatic carbocycles. The minimum atomic E-state index is -0.159. The molecule has 2 aromatic rings. The van der Waals surface area contributed by atoms with Gasteiger partial charge in [-0.3, -0.25) is 9.59 Å². The molecular weight excluding hydrogens is 422 g/mol. The standard InChI is InChI=1S/C25H31N3O3S/c1-7-17-19(13-26)24(27-20-11-25(4,5)12-21(29)23(17)20)32-14-22(30)18-10-15(2)28(16(18)3)8-9-31-6/h10H,7-9,11-12,14H2,1-6H3. The van der Waals surface area contributed by atoms with Gasteiger partial charge in [0, 0.05) is 42.6 Å². The van der Waals surface area contributed by atoms with Crippen molar-refractivity contribution in [3.63, 3.8) is 0 Å². The van der Waals surface area contributed by atoms with E-state index in [4.69, 9.17) is 9.72 Å². The van der Waals surface area contributed by atoms with Crippen molar-refractivity contribution >= 4 is 23.3 Å². The summed E-state index contributed by atoms with van der Waals surface area (Å²) in [5.41, 5.74) is 5.06. The molecular formula is C25H31N3O3S. The Bertz CT molecular complexity index is 1110. The highest BCUT2D eigenvalue weighted by Gasteiger charge is 2.35. The summed E-state index contributed by atoms with van der Waals surface area (Å²) in [7, 11) is 1.66. The van der Waals surface area contributed by atoms with Gasteiger partial charge < -0.3 is 9.30 Å². The molecule has 0 radical (unpaired) electrons. The van der Waals surface area contributed by atoms with E-state index in [0.717, 1.165) is 22.6 Å². The summed E-state index contributed by atoms with van der Waals surface area (Å²) in [5, 5.41) is 10.4. The molecule has 2 heterocycles. The second-order valence-electron chi connectivity index (χ2n) is 9.14. The molecule has 170 valence electrons. The highest BCUT2D eigenvalue weighted by molar-refractivity contribution is 8.00. The van der Waals surface area contributed by atoms with Crippen molar-refractivity contribution in [1.29, 1.82) is 5.26 Å². The van der Waals surface area contributed by atoms with Gasteiger partial charge in [0.15, 0.2) is 11.6 Å². The monoisotopic (exact) mass is 453 g/mol. The molecule has 0 fully saturated rings. The van der Waals surface area contributed by atoms with Crippen LogP contribution in [0.1, 0.15) is 76.1 Å². The fraction of sp³-hybridized carbons (Fsp3) is 0.520. The van der Waals surface area contributed by atoms with Crippen molar-refractivity contribution in [2.75, 3.05) is 19.5 Å². The molecule has 0 atom stereocenters. The van der Waals surface area contributed by atoms with E-state index in [1.807, 2.05) is 26.8 Å². The number of methoxy groups -OCH3 is 1. The number of hydrogen-bond acceptors (Lipinski definition) is 6. The molecule has 0 saturated carbocycles. The third-order valence-corrected chi connectivity index (χ3v) is 7.08. The Balaban J connectivity index is 1.91. The number of aromatic nitrogens is 2. The minimum absolute atomic E-state index is 0.00429. The first-order valence-corrected chi connectivity index (χ1v) is 11.9. The zero-order valence-corrected chi connectivity index (χ0v) is 20.6. The van der Waals surface area contributed by atoms with Gasteiger partial charge in [-0.2, -0.15) is 5.26 Å². The van der Waals surface area contributed by atoms with Gasteiger partial charge >= 0.3 is 0 Å². The number of nitriles is 1.